The van der Waals surface area contributed by atoms with Crippen molar-refractivity contribution >= 4 is 18.0 Å². The summed E-state index contributed by atoms with van der Waals surface area (Å²) >= 11 is 0. The number of anilines is 1. The van der Waals surface area contributed by atoms with E-state index in [1.807, 2.05) is 21.0 Å². The second kappa shape index (κ2) is 6.77. The summed E-state index contributed by atoms with van der Waals surface area (Å²) in [4.78, 5) is 2.05. The summed E-state index contributed by atoms with van der Waals surface area (Å²) in [7, 11) is 3.86. The molecule has 0 aliphatic heterocycles. The Morgan fingerprint density at radius 1 is 1.42 bits per heavy atom. The van der Waals surface area contributed by atoms with Crippen LogP contribution in [0.5, 0.6) is 0 Å². The molecular formula is C16H21N3. The Morgan fingerprint density at radius 2 is 2.11 bits per heavy atom. The summed E-state index contributed by atoms with van der Waals surface area (Å²) in [6, 6.07) is 6.22. The summed E-state index contributed by atoms with van der Waals surface area (Å²) < 4.78 is 0. The van der Waals surface area contributed by atoms with Gasteiger partial charge in [-0.05, 0) is 36.7 Å². The molecule has 0 bridgehead atoms. The monoisotopic (exact) mass is 255 g/mol. The lowest BCUT2D eigenvalue weighted by Gasteiger charge is -2.19. The van der Waals surface area contributed by atoms with Crippen LogP contribution in [0.1, 0.15) is 11.1 Å². The maximum absolute atomic E-state index is 5.30. The van der Waals surface area contributed by atoms with Crippen molar-refractivity contribution in [3.8, 4) is 12.3 Å². The van der Waals surface area contributed by atoms with Gasteiger partial charge in [-0.1, -0.05) is 24.6 Å². The van der Waals surface area contributed by atoms with E-state index >= 15 is 0 Å². The van der Waals surface area contributed by atoms with Crippen LogP contribution in [0.25, 0.3) is 5.57 Å². The molecule has 0 N–H and O–H groups in total. The number of aryl methyl sites for hydroxylation is 1. The van der Waals surface area contributed by atoms with Crippen molar-refractivity contribution in [2.45, 2.75) is 6.92 Å². The summed E-state index contributed by atoms with van der Waals surface area (Å²) in [5.41, 5.74) is 4.33. The molecule has 1 rings (SSSR count). The summed E-state index contributed by atoms with van der Waals surface area (Å²) in [5, 5.41) is 5.69. The summed E-state index contributed by atoms with van der Waals surface area (Å²) in [5.74, 6) is 2.63. The zero-order chi connectivity index (χ0) is 14.4. The molecule has 100 valence electrons. The van der Waals surface area contributed by atoms with E-state index < -0.39 is 0 Å². The first kappa shape index (κ1) is 15.0. The third kappa shape index (κ3) is 3.97. The van der Waals surface area contributed by atoms with Gasteiger partial charge in [0.2, 0.25) is 0 Å². The van der Waals surface area contributed by atoms with E-state index in [1.165, 1.54) is 0 Å². The van der Waals surface area contributed by atoms with Gasteiger partial charge >= 0.3 is 0 Å². The Bertz CT molecular complexity index is 511. The number of likely N-dealkylation sites (N-methyl/N-ethyl adjacent to an activating group) is 1. The molecule has 3 heteroatoms. The lowest BCUT2D eigenvalue weighted by molar-refractivity contribution is 0.425. The van der Waals surface area contributed by atoms with Crippen molar-refractivity contribution in [1.82, 2.24) is 4.90 Å². The first-order chi connectivity index (χ1) is 8.99. The average Bonchev–Trinajstić information content (AvgIpc) is 2.38. The molecule has 0 radical (unpaired) electrons. The predicted octanol–water partition coefficient (Wildman–Crippen LogP) is 2.63. The quantitative estimate of drug-likeness (QED) is 0.442. The zero-order valence-electron chi connectivity index (χ0n) is 12.0. The van der Waals surface area contributed by atoms with Gasteiger partial charge in [0.05, 0.1) is 12.2 Å². The largest absolute Gasteiger partial charge is 0.291 e. The van der Waals surface area contributed by atoms with Gasteiger partial charge in [-0.25, -0.2) is 0 Å². The summed E-state index contributed by atoms with van der Waals surface area (Å²) in [6.45, 7) is 11.1. The Morgan fingerprint density at radius 3 is 2.68 bits per heavy atom. The van der Waals surface area contributed by atoms with Gasteiger partial charge in [-0.15, -0.1) is 6.42 Å². The number of terminal acetylenes is 1. The molecule has 0 saturated heterocycles. The minimum Gasteiger partial charge on any atom is -0.291 e. The first-order valence-corrected chi connectivity index (χ1v) is 6.10. The molecule has 0 spiro atoms. The fourth-order valence-corrected chi connectivity index (χ4v) is 1.88. The van der Waals surface area contributed by atoms with Gasteiger partial charge in [0.1, 0.15) is 0 Å². The third-order valence-corrected chi connectivity index (χ3v) is 3.00. The highest BCUT2D eigenvalue weighted by Gasteiger charge is 2.08. The van der Waals surface area contributed by atoms with E-state index in [-0.39, 0.29) is 0 Å². The van der Waals surface area contributed by atoms with E-state index in [2.05, 4.69) is 47.4 Å². The van der Waals surface area contributed by atoms with Crippen molar-refractivity contribution in [1.29, 1.82) is 0 Å². The number of benzene rings is 1. The van der Waals surface area contributed by atoms with Gasteiger partial charge in [0.15, 0.2) is 0 Å². The van der Waals surface area contributed by atoms with E-state index in [0.717, 1.165) is 28.9 Å². The summed E-state index contributed by atoms with van der Waals surface area (Å²) in [6.07, 6.45) is 5.30. The maximum Gasteiger partial charge on any atom is 0.0625 e. The molecule has 0 aromatic heterocycles. The van der Waals surface area contributed by atoms with Crippen molar-refractivity contribution in [3.05, 3.63) is 35.9 Å². The van der Waals surface area contributed by atoms with Gasteiger partial charge in [0.25, 0.3) is 0 Å². The molecule has 1 aromatic carbocycles. The van der Waals surface area contributed by atoms with Crippen molar-refractivity contribution in [2.24, 2.45) is 5.10 Å². The van der Waals surface area contributed by atoms with Crippen LogP contribution in [0.2, 0.25) is 0 Å². The number of hydrogen-bond donors (Lipinski definition) is 0. The SMILES string of the molecule is C#CCN(C)CC(=C)c1ccc(C)c(N(C)N=C)c1. The van der Waals surface area contributed by atoms with Crippen LogP contribution in [0, 0.1) is 19.3 Å². The standard InChI is InChI=1S/C16H21N3/c1-7-10-18(5)12-14(3)15-9-8-13(2)16(11-15)19(6)17-4/h1,8-9,11H,3-4,10,12H2,2,5-6H3. The molecule has 0 aliphatic carbocycles. The van der Waals surface area contributed by atoms with E-state index in [4.69, 9.17) is 6.42 Å². The number of hydrogen-bond acceptors (Lipinski definition) is 3. The molecule has 1 aromatic rings. The first-order valence-electron chi connectivity index (χ1n) is 6.10. The third-order valence-electron chi connectivity index (χ3n) is 3.00. The van der Waals surface area contributed by atoms with Crippen LogP contribution in [0.15, 0.2) is 29.9 Å². The second-order valence-electron chi connectivity index (χ2n) is 4.65. The van der Waals surface area contributed by atoms with Crippen molar-refractivity contribution in [2.75, 3.05) is 32.2 Å². The number of rotatable bonds is 6. The molecule has 0 atom stereocenters. The van der Waals surface area contributed by atoms with Crippen LogP contribution in [-0.4, -0.2) is 38.8 Å². The van der Waals surface area contributed by atoms with Gasteiger partial charge in [-0.3, -0.25) is 9.91 Å². The molecular weight excluding hydrogens is 234 g/mol. The fraction of sp³-hybridized carbons (Fsp3) is 0.312. The van der Waals surface area contributed by atoms with Gasteiger partial charge in [-0.2, -0.15) is 5.10 Å². The van der Waals surface area contributed by atoms with Crippen LogP contribution < -0.4 is 5.01 Å². The molecule has 0 fully saturated rings. The van der Waals surface area contributed by atoms with E-state index in [0.29, 0.717) is 6.54 Å². The number of hydrazone groups is 1. The Hall–Kier alpha value is -2.05. The highest BCUT2D eigenvalue weighted by Crippen LogP contribution is 2.24. The molecule has 0 saturated carbocycles. The predicted molar refractivity (Wildman–Crippen MR) is 84.5 cm³/mol. The van der Waals surface area contributed by atoms with Crippen LogP contribution in [-0.2, 0) is 0 Å². The minimum atomic E-state index is 0.617. The normalized spacial score (nSPS) is 10.1. The van der Waals surface area contributed by atoms with E-state index in [9.17, 15) is 0 Å². The number of nitrogens with zero attached hydrogens (tertiary/aromatic N) is 3. The highest BCUT2D eigenvalue weighted by atomic mass is 15.4. The van der Waals surface area contributed by atoms with Crippen LogP contribution >= 0.6 is 0 Å². The maximum atomic E-state index is 5.30. The van der Waals surface area contributed by atoms with Gasteiger partial charge < -0.3 is 0 Å². The molecule has 0 heterocycles. The molecule has 0 unspecified atom stereocenters. The highest BCUT2D eigenvalue weighted by molar-refractivity contribution is 5.70. The van der Waals surface area contributed by atoms with E-state index in [1.54, 1.807) is 5.01 Å². The van der Waals surface area contributed by atoms with Crippen molar-refractivity contribution < 1.29 is 0 Å². The smallest absolute Gasteiger partial charge is 0.0625 e. The zero-order valence-corrected chi connectivity index (χ0v) is 12.0. The van der Waals surface area contributed by atoms with Crippen LogP contribution in [0.3, 0.4) is 0 Å². The second-order valence-corrected chi connectivity index (χ2v) is 4.65. The topological polar surface area (TPSA) is 18.8 Å². The molecule has 3 nitrogen and oxygen atoms in total. The average molecular weight is 255 g/mol. The Labute approximate surface area is 116 Å². The molecule has 0 amide bonds. The molecule has 0 aliphatic rings. The fourth-order valence-electron chi connectivity index (χ4n) is 1.88. The van der Waals surface area contributed by atoms with Gasteiger partial charge in [0, 0.05) is 20.3 Å². The Balaban J connectivity index is 2.93. The van der Waals surface area contributed by atoms with Crippen LogP contribution in [0.4, 0.5) is 5.69 Å². The lowest BCUT2D eigenvalue weighted by atomic mass is 10.0. The minimum absolute atomic E-state index is 0.617. The lowest BCUT2D eigenvalue weighted by Crippen LogP contribution is -2.20. The van der Waals surface area contributed by atoms with Crippen molar-refractivity contribution in [3.63, 3.8) is 0 Å². The Kier molecular flexibility index (Phi) is 5.35. The molecule has 19 heavy (non-hydrogen) atoms.